The van der Waals surface area contributed by atoms with Crippen LogP contribution in [0, 0.1) is 12.3 Å². The van der Waals surface area contributed by atoms with Crippen molar-refractivity contribution >= 4 is 11.7 Å². The molecule has 25 heavy (non-hydrogen) atoms. The predicted molar refractivity (Wildman–Crippen MR) is 96.6 cm³/mol. The average Bonchev–Trinajstić information content (AvgIpc) is 2.57. The molecule has 132 valence electrons. The van der Waals surface area contributed by atoms with Gasteiger partial charge < -0.3 is 10.0 Å². The van der Waals surface area contributed by atoms with Gasteiger partial charge in [0.25, 0.3) is 0 Å². The minimum absolute atomic E-state index is 0.0469. The van der Waals surface area contributed by atoms with Gasteiger partial charge in [0.05, 0.1) is 17.7 Å². The first-order valence-electron chi connectivity index (χ1n) is 8.60. The van der Waals surface area contributed by atoms with Crippen LogP contribution in [0.5, 0.6) is 0 Å². The van der Waals surface area contributed by atoms with Crippen LogP contribution >= 0.6 is 0 Å². The second kappa shape index (κ2) is 6.78. The first-order valence-corrected chi connectivity index (χ1v) is 8.60. The van der Waals surface area contributed by atoms with Gasteiger partial charge in [0.1, 0.15) is 0 Å². The van der Waals surface area contributed by atoms with Crippen molar-refractivity contribution in [1.82, 2.24) is 15.0 Å². The molecule has 3 heterocycles. The van der Waals surface area contributed by atoms with Gasteiger partial charge in [0.2, 0.25) is 0 Å². The molecule has 1 N–H and O–H groups in total. The van der Waals surface area contributed by atoms with Crippen LogP contribution in [0.15, 0.2) is 24.7 Å². The van der Waals surface area contributed by atoms with E-state index in [1.165, 1.54) is 0 Å². The Bertz CT molecular complexity index is 764. The number of hydrogen-bond acceptors (Lipinski definition) is 5. The van der Waals surface area contributed by atoms with Gasteiger partial charge in [-0.25, -0.2) is 9.97 Å². The molecule has 1 aliphatic heterocycles. The van der Waals surface area contributed by atoms with Crippen LogP contribution in [0.1, 0.15) is 37.9 Å². The van der Waals surface area contributed by atoms with E-state index in [0.717, 1.165) is 48.4 Å². The molecular formula is C19H24N4O2. The Morgan fingerprint density at radius 2 is 1.84 bits per heavy atom. The molecule has 0 radical (unpaired) electrons. The highest BCUT2D eigenvalue weighted by Crippen LogP contribution is 2.38. The topological polar surface area (TPSA) is 79.2 Å². The Hall–Kier alpha value is -2.50. The van der Waals surface area contributed by atoms with Gasteiger partial charge in [-0.15, -0.1) is 0 Å². The fourth-order valence-electron chi connectivity index (χ4n) is 3.30. The minimum atomic E-state index is -0.852. The van der Waals surface area contributed by atoms with Crippen LogP contribution in [0.2, 0.25) is 0 Å². The minimum Gasteiger partial charge on any atom is -0.481 e. The van der Waals surface area contributed by atoms with Gasteiger partial charge in [0.15, 0.2) is 5.82 Å². The van der Waals surface area contributed by atoms with Crippen molar-refractivity contribution < 1.29 is 9.90 Å². The zero-order valence-electron chi connectivity index (χ0n) is 15.0. The van der Waals surface area contributed by atoms with E-state index in [-0.39, 0.29) is 6.42 Å². The van der Waals surface area contributed by atoms with Gasteiger partial charge in [0, 0.05) is 42.9 Å². The summed E-state index contributed by atoms with van der Waals surface area (Å²) in [5, 5.41) is 9.38. The molecule has 1 fully saturated rings. The number of hydrogen-bond donors (Lipinski definition) is 1. The number of carboxylic acids is 1. The third-order valence-corrected chi connectivity index (χ3v) is 4.93. The van der Waals surface area contributed by atoms with Crippen molar-refractivity contribution in [3.05, 3.63) is 35.9 Å². The summed E-state index contributed by atoms with van der Waals surface area (Å²) in [4.78, 5) is 26.8. The van der Waals surface area contributed by atoms with Crippen LogP contribution in [0.4, 0.5) is 5.69 Å². The number of nitrogens with zero attached hydrogens (tertiary/aromatic N) is 4. The predicted octanol–water partition coefficient (Wildman–Crippen LogP) is 3.10. The molecule has 0 bridgehead atoms. The Balaban J connectivity index is 2.11. The molecule has 0 atom stereocenters. The molecule has 0 aromatic carbocycles. The fraction of sp³-hybridized carbons (Fsp3) is 0.474. The monoisotopic (exact) mass is 340 g/mol. The van der Waals surface area contributed by atoms with Crippen molar-refractivity contribution in [2.24, 2.45) is 5.41 Å². The van der Waals surface area contributed by atoms with E-state index >= 15 is 0 Å². The second-order valence-corrected chi connectivity index (χ2v) is 7.38. The zero-order valence-corrected chi connectivity index (χ0v) is 15.0. The summed E-state index contributed by atoms with van der Waals surface area (Å²) in [6, 6.07) is 1.77. The van der Waals surface area contributed by atoms with Crippen LogP contribution in [0.25, 0.3) is 11.4 Å². The van der Waals surface area contributed by atoms with Crippen LogP contribution < -0.4 is 4.90 Å². The highest BCUT2D eigenvalue weighted by molar-refractivity contribution is 5.82. The van der Waals surface area contributed by atoms with Gasteiger partial charge in [-0.05, 0) is 31.2 Å². The van der Waals surface area contributed by atoms with Gasteiger partial charge >= 0.3 is 5.97 Å². The number of anilines is 1. The van der Waals surface area contributed by atoms with Crippen molar-refractivity contribution in [1.29, 1.82) is 0 Å². The van der Waals surface area contributed by atoms with Crippen molar-refractivity contribution in [3.63, 3.8) is 0 Å². The molecule has 0 unspecified atom stereocenters. The summed E-state index contributed by atoms with van der Waals surface area (Å²) in [6.45, 7) is 8.21. The number of carboxylic acid groups (broad SMARTS) is 1. The molecule has 2 aromatic heterocycles. The number of aliphatic carboxylic acids is 1. The van der Waals surface area contributed by atoms with E-state index in [2.05, 4.69) is 33.7 Å². The van der Waals surface area contributed by atoms with E-state index in [4.69, 9.17) is 0 Å². The number of carbonyl (C=O) groups is 1. The number of pyridine rings is 1. The van der Waals surface area contributed by atoms with E-state index in [1.807, 2.05) is 6.92 Å². The summed E-state index contributed by atoms with van der Waals surface area (Å²) in [5.74, 6) is -0.268. The lowest BCUT2D eigenvalue weighted by molar-refractivity contribution is -0.136. The number of aromatic nitrogens is 3. The summed E-state index contributed by atoms with van der Waals surface area (Å²) in [6.07, 6.45) is 7.25. The van der Waals surface area contributed by atoms with Gasteiger partial charge in [-0.1, -0.05) is 13.8 Å². The Kier molecular flexibility index (Phi) is 4.70. The lowest BCUT2D eigenvalue weighted by Crippen LogP contribution is -2.38. The molecule has 2 aromatic rings. The molecule has 6 heteroatoms. The quantitative estimate of drug-likeness (QED) is 0.921. The molecule has 1 aliphatic rings. The van der Waals surface area contributed by atoms with E-state index in [0.29, 0.717) is 11.2 Å². The first kappa shape index (κ1) is 17.3. The summed E-state index contributed by atoms with van der Waals surface area (Å²) in [7, 11) is 0. The normalized spacial score (nSPS) is 16.7. The summed E-state index contributed by atoms with van der Waals surface area (Å²) in [5.41, 5.74) is 3.56. The lowest BCUT2D eigenvalue weighted by Gasteiger charge is -2.39. The van der Waals surface area contributed by atoms with Crippen molar-refractivity contribution in [2.45, 2.75) is 40.0 Å². The van der Waals surface area contributed by atoms with Gasteiger partial charge in [-0.3, -0.25) is 9.78 Å². The first-order chi connectivity index (χ1) is 11.9. The Morgan fingerprint density at radius 3 is 2.44 bits per heavy atom. The number of rotatable bonds is 4. The third-order valence-electron chi connectivity index (χ3n) is 4.93. The van der Waals surface area contributed by atoms with Crippen LogP contribution in [-0.4, -0.2) is 39.1 Å². The number of piperidine rings is 1. The Labute approximate surface area is 148 Å². The maximum atomic E-state index is 11.4. The smallest absolute Gasteiger partial charge is 0.307 e. The molecule has 6 nitrogen and oxygen atoms in total. The zero-order chi connectivity index (χ0) is 18.0. The molecule has 1 saturated heterocycles. The average molecular weight is 340 g/mol. The van der Waals surface area contributed by atoms with Gasteiger partial charge in [-0.2, -0.15) is 0 Å². The highest BCUT2D eigenvalue weighted by atomic mass is 16.4. The SMILES string of the molecule is Cc1ncc(-c2ncccn2)c(N2CCC(C)(C)CC2)c1CC(=O)O. The second-order valence-electron chi connectivity index (χ2n) is 7.38. The maximum absolute atomic E-state index is 11.4. The molecule has 0 aliphatic carbocycles. The summed E-state index contributed by atoms with van der Waals surface area (Å²) >= 11 is 0. The van der Waals surface area contributed by atoms with Crippen LogP contribution in [-0.2, 0) is 11.2 Å². The molecule has 3 rings (SSSR count). The fourth-order valence-corrected chi connectivity index (χ4v) is 3.30. The largest absolute Gasteiger partial charge is 0.481 e. The molecular weight excluding hydrogens is 316 g/mol. The van der Waals surface area contributed by atoms with Crippen LogP contribution in [0.3, 0.4) is 0 Å². The third kappa shape index (κ3) is 3.78. The summed E-state index contributed by atoms with van der Waals surface area (Å²) < 4.78 is 0. The standard InChI is InChI=1S/C19H24N4O2/c1-13-14(11-16(24)25)17(23-9-5-19(2,3)6-10-23)15(12-22-13)18-20-7-4-8-21-18/h4,7-8,12H,5-6,9-11H2,1-3H3,(H,24,25). The maximum Gasteiger partial charge on any atom is 0.307 e. The lowest BCUT2D eigenvalue weighted by atomic mass is 9.82. The number of aryl methyl sites for hydroxylation is 1. The van der Waals surface area contributed by atoms with E-state index in [1.54, 1.807) is 24.7 Å². The Morgan fingerprint density at radius 1 is 1.20 bits per heavy atom. The highest BCUT2D eigenvalue weighted by Gasteiger charge is 2.29. The van der Waals surface area contributed by atoms with E-state index < -0.39 is 5.97 Å². The van der Waals surface area contributed by atoms with Crippen molar-refractivity contribution in [2.75, 3.05) is 18.0 Å². The molecule has 0 spiro atoms. The molecule has 0 amide bonds. The van der Waals surface area contributed by atoms with E-state index in [9.17, 15) is 9.90 Å². The molecule has 0 saturated carbocycles. The van der Waals surface area contributed by atoms with Crippen molar-refractivity contribution in [3.8, 4) is 11.4 Å².